The van der Waals surface area contributed by atoms with E-state index in [0.29, 0.717) is 0 Å². The Morgan fingerprint density at radius 3 is 2.93 bits per heavy atom. The molecule has 2 aromatic rings. The number of halogens is 1. The van der Waals surface area contributed by atoms with Gasteiger partial charge < -0.3 is 4.98 Å². The van der Waals surface area contributed by atoms with Crippen LogP contribution in [0.3, 0.4) is 0 Å². The van der Waals surface area contributed by atoms with Crippen LogP contribution >= 0.6 is 15.9 Å². The number of hydrogen-bond acceptors (Lipinski definition) is 1. The zero-order valence-corrected chi connectivity index (χ0v) is 9.62. The minimum absolute atomic E-state index is 0.0656. The van der Waals surface area contributed by atoms with Crippen molar-refractivity contribution in [2.45, 2.75) is 0 Å². The second kappa shape index (κ2) is 4.45. The van der Waals surface area contributed by atoms with Crippen molar-refractivity contribution in [2.24, 2.45) is 0 Å². The highest BCUT2D eigenvalue weighted by molar-refractivity contribution is 9.09. The number of allylic oxidation sites excluding steroid dienone is 1. The molecule has 0 fully saturated rings. The predicted molar refractivity (Wildman–Crippen MR) is 67.4 cm³/mol. The van der Waals surface area contributed by atoms with Gasteiger partial charge in [-0.05, 0) is 22.4 Å². The first-order valence-corrected chi connectivity index (χ1v) is 5.77. The first-order valence-electron chi connectivity index (χ1n) is 4.64. The standard InChI is InChI=1S/C12H10BrNO/c13-5-1-2-9-3-4-10-8-14-12(15)7-11(10)6-9/h1-4,6-8H,5H2,(H,14,15). The Balaban J connectivity index is 2.54. The van der Waals surface area contributed by atoms with E-state index in [1.165, 1.54) is 0 Å². The summed E-state index contributed by atoms with van der Waals surface area (Å²) in [5.74, 6) is 0. The van der Waals surface area contributed by atoms with Crippen molar-refractivity contribution in [2.75, 3.05) is 5.33 Å². The van der Waals surface area contributed by atoms with E-state index in [0.717, 1.165) is 21.7 Å². The van der Waals surface area contributed by atoms with Crippen LogP contribution in [0.4, 0.5) is 0 Å². The topological polar surface area (TPSA) is 32.9 Å². The number of hydrogen-bond donors (Lipinski definition) is 1. The van der Waals surface area contributed by atoms with Crippen molar-refractivity contribution in [1.29, 1.82) is 0 Å². The van der Waals surface area contributed by atoms with Gasteiger partial charge in [-0.2, -0.15) is 0 Å². The minimum atomic E-state index is -0.0656. The second-order valence-corrected chi connectivity index (χ2v) is 3.89. The third-order valence-corrected chi connectivity index (χ3v) is 2.54. The maximum absolute atomic E-state index is 11.1. The molecule has 0 saturated carbocycles. The average Bonchev–Trinajstić information content (AvgIpc) is 2.25. The molecular weight excluding hydrogens is 254 g/mol. The van der Waals surface area contributed by atoms with E-state index < -0.39 is 0 Å². The van der Waals surface area contributed by atoms with Gasteiger partial charge in [-0.3, -0.25) is 4.79 Å². The number of nitrogens with one attached hydrogen (secondary N) is 1. The van der Waals surface area contributed by atoms with E-state index in [2.05, 4.69) is 20.9 Å². The molecule has 0 atom stereocenters. The van der Waals surface area contributed by atoms with Crippen LogP contribution in [-0.4, -0.2) is 10.3 Å². The number of pyridine rings is 1. The maximum atomic E-state index is 11.1. The number of fused-ring (bicyclic) bond motifs is 1. The Morgan fingerprint density at radius 2 is 2.13 bits per heavy atom. The summed E-state index contributed by atoms with van der Waals surface area (Å²) >= 11 is 3.33. The molecular formula is C12H10BrNO. The molecule has 15 heavy (non-hydrogen) atoms. The number of aromatic amines is 1. The van der Waals surface area contributed by atoms with Crippen LogP contribution in [0.25, 0.3) is 16.8 Å². The van der Waals surface area contributed by atoms with Crippen molar-refractivity contribution in [3.05, 3.63) is 52.5 Å². The Hall–Kier alpha value is -1.35. The third-order valence-electron chi connectivity index (χ3n) is 2.17. The number of H-pyrrole nitrogens is 1. The SMILES string of the molecule is O=c1cc2cc(C=CCBr)ccc2c[nH]1. The quantitative estimate of drug-likeness (QED) is 0.831. The highest BCUT2D eigenvalue weighted by atomic mass is 79.9. The summed E-state index contributed by atoms with van der Waals surface area (Å²) in [7, 11) is 0. The van der Waals surface area contributed by atoms with E-state index in [4.69, 9.17) is 0 Å². The molecule has 0 amide bonds. The third kappa shape index (κ3) is 2.36. The first-order chi connectivity index (χ1) is 7.29. The maximum Gasteiger partial charge on any atom is 0.248 e. The molecule has 2 nitrogen and oxygen atoms in total. The molecule has 1 aromatic heterocycles. The van der Waals surface area contributed by atoms with Crippen molar-refractivity contribution in [3.63, 3.8) is 0 Å². The molecule has 0 unspecified atom stereocenters. The molecule has 0 radical (unpaired) electrons. The molecule has 0 aliphatic carbocycles. The van der Waals surface area contributed by atoms with Crippen LogP contribution in [0.15, 0.2) is 41.3 Å². The summed E-state index contributed by atoms with van der Waals surface area (Å²) in [6, 6.07) is 7.64. The molecule has 1 heterocycles. The molecule has 0 saturated heterocycles. The van der Waals surface area contributed by atoms with Crippen LogP contribution in [0.2, 0.25) is 0 Å². The summed E-state index contributed by atoms with van der Waals surface area (Å²) < 4.78 is 0. The Labute approximate surface area is 95.8 Å². The van der Waals surface area contributed by atoms with Crippen LogP contribution in [0.5, 0.6) is 0 Å². The normalized spacial score (nSPS) is 11.3. The van der Waals surface area contributed by atoms with Gasteiger partial charge in [0.15, 0.2) is 0 Å². The lowest BCUT2D eigenvalue weighted by atomic mass is 10.1. The summed E-state index contributed by atoms with van der Waals surface area (Å²) in [6.07, 6.45) is 5.78. The fraction of sp³-hybridized carbons (Fsp3) is 0.0833. The minimum Gasteiger partial charge on any atom is -0.328 e. The fourth-order valence-electron chi connectivity index (χ4n) is 1.47. The molecule has 0 bridgehead atoms. The number of rotatable bonds is 2. The Morgan fingerprint density at radius 1 is 1.27 bits per heavy atom. The molecule has 1 N–H and O–H groups in total. The molecule has 1 aromatic carbocycles. The van der Waals surface area contributed by atoms with E-state index in [1.807, 2.05) is 30.4 Å². The molecule has 0 spiro atoms. The molecule has 0 aliphatic rings. The second-order valence-electron chi connectivity index (χ2n) is 3.24. The van der Waals surface area contributed by atoms with Gasteiger partial charge in [-0.1, -0.05) is 40.2 Å². The van der Waals surface area contributed by atoms with Gasteiger partial charge in [0, 0.05) is 17.6 Å². The summed E-state index contributed by atoms with van der Waals surface area (Å²) in [5, 5.41) is 2.85. The van der Waals surface area contributed by atoms with Gasteiger partial charge >= 0.3 is 0 Å². The van der Waals surface area contributed by atoms with Gasteiger partial charge in [0.05, 0.1) is 0 Å². The summed E-state index contributed by atoms with van der Waals surface area (Å²) in [5.41, 5.74) is 1.04. The zero-order valence-electron chi connectivity index (χ0n) is 8.03. The lowest BCUT2D eigenvalue weighted by Gasteiger charge is -1.98. The van der Waals surface area contributed by atoms with E-state index in [-0.39, 0.29) is 5.56 Å². The number of aromatic nitrogens is 1. The summed E-state index contributed by atoms with van der Waals surface area (Å²) in [4.78, 5) is 13.8. The smallest absolute Gasteiger partial charge is 0.248 e. The van der Waals surface area contributed by atoms with Crippen molar-refractivity contribution in [1.82, 2.24) is 4.98 Å². The largest absolute Gasteiger partial charge is 0.328 e. The Bertz CT molecular complexity index is 557. The highest BCUT2D eigenvalue weighted by Gasteiger charge is 1.94. The Kier molecular flexibility index (Phi) is 3.02. The number of benzene rings is 1. The van der Waals surface area contributed by atoms with Crippen molar-refractivity contribution >= 4 is 32.8 Å². The van der Waals surface area contributed by atoms with Crippen LogP contribution in [0, 0.1) is 0 Å². The lowest BCUT2D eigenvalue weighted by Crippen LogP contribution is -2.01. The molecule has 0 aliphatic heterocycles. The van der Waals surface area contributed by atoms with E-state index in [1.54, 1.807) is 12.3 Å². The van der Waals surface area contributed by atoms with Crippen molar-refractivity contribution in [3.8, 4) is 0 Å². The van der Waals surface area contributed by atoms with Crippen molar-refractivity contribution < 1.29 is 0 Å². The van der Waals surface area contributed by atoms with Gasteiger partial charge in [-0.15, -0.1) is 0 Å². The van der Waals surface area contributed by atoms with Gasteiger partial charge in [0.2, 0.25) is 5.56 Å². The van der Waals surface area contributed by atoms with Crippen LogP contribution in [-0.2, 0) is 0 Å². The van der Waals surface area contributed by atoms with Crippen LogP contribution < -0.4 is 5.56 Å². The van der Waals surface area contributed by atoms with Gasteiger partial charge in [0.25, 0.3) is 0 Å². The monoisotopic (exact) mass is 263 g/mol. The van der Waals surface area contributed by atoms with Gasteiger partial charge in [-0.25, -0.2) is 0 Å². The van der Waals surface area contributed by atoms with E-state index in [9.17, 15) is 4.79 Å². The average molecular weight is 264 g/mol. The van der Waals surface area contributed by atoms with Crippen LogP contribution in [0.1, 0.15) is 5.56 Å². The zero-order chi connectivity index (χ0) is 10.7. The molecule has 3 heteroatoms. The first kappa shape index (κ1) is 10.2. The number of alkyl halides is 1. The predicted octanol–water partition coefficient (Wildman–Crippen LogP) is 2.94. The summed E-state index contributed by atoms with van der Waals surface area (Å²) in [6.45, 7) is 0. The molecule has 76 valence electrons. The highest BCUT2D eigenvalue weighted by Crippen LogP contribution is 2.14. The molecule has 2 rings (SSSR count). The lowest BCUT2D eigenvalue weighted by molar-refractivity contribution is 1.27. The fourth-order valence-corrected chi connectivity index (χ4v) is 1.65. The van der Waals surface area contributed by atoms with Gasteiger partial charge in [0.1, 0.15) is 0 Å². The van der Waals surface area contributed by atoms with E-state index >= 15 is 0 Å².